The van der Waals surface area contributed by atoms with E-state index >= 15 is 0 Å². The van der Waals surface area contributed by atoms with E-state index in [0.717, 1.165) is 22.0 Å². The Morgan fingerprint density at radius 1 is 1.04 bits per heavy atom. The van der Waals surface area contributed by atoms with Gasteiger partial charge in [-0.1, -0.05) is 17.7 Å². The lowest BCUT2D eigenvalue weighted by atomic mass is 10.1. The third-order valence-corrected chi connectivity index (χ3v) is 4.61. The number of carbonyl (C=O) groups excluding carboxylic acids is 1. The van der Waals surface area contributed by atoms with Crippen molar-refractivity contribution in [3.05, 3.63) is 69.5 Å². The summed E-state index contributed by atoms with van der Waals surface area (Å²) >= 11 is 0. The van der Waals surface area contributed by atoms with Gasteiger partial charge in [0.15, 0.2) is 11.5 Å². The van der Waals surface area contributed by atoms with Gasteiger partial charge in [-0.25, -0.2) is 0 Å². The van der Waals surface area contributed by atoms with Crippen molar-refractivity contribution in [3.8, 4) is 11.5 Å². The van der Waals surface area contributed by atoms with Crippen molar-refractivity contribution in [1.29, 1.82) is 0 Å². The van der Waals surface area contributed by atoms with E-state index in [9.17, 15) is 9.59 Å². The number of hydrogen-bond donors (Lipinski definition) is 2. The lowest BCUT2D eigenvalue weighted by molar-refractivity contribution is -0.120. The fourth-order valence-corrected chi connectivity index (χ4v) is 3.13. The zero-order chi connectivity index (χ0) is 20.1. The Morgan fingerprint density at radius 3 is 2.57 bits per heavy atom. The second-order valence-electron chi connectivity index (χ2n) is 6.68. The SMILES string of the molecule is COc1ccc(CC(=O)NCCc2cc3cc(C)ccc3[nH]c2=O)cc1OC. The standard InChI is InChI=1S/C22H24N2O4/c1-14-4-6-18-17(10-14)13-16(22(26)24-18)8-9-23-21(25)12-15-5-7-19(27-2)20(11-15)28-3/h4-7,10-11,13H,8-9,12H2,1-3H3,(H,23,25)(H,24,26). The molecule has 0 aliphatic rings. The van der Waals surface area contributed by atoms with E-state index in [1.54, 1.807) is 26.4 Å². The van der Waals surface area contributed by atoms with E-state index in [1.165, 1.54) is 0 Å². The summed E-state index contributed by atoms with van der Waals surface area (Å²) in [7, 11) is 3.13. The predicted molar refractivity (Wildman–Crippen MR) is 109 cm³/mol. The number of aromatic nitrogens is 1. The van der Waals surface area contributed by atoms with Crippen LogP contribution in [-0.4, -0.2) is 31.7 Å². The molecule has 1 heterocycles. The van der Waals surface area contributed by atoms with Crippen LogP contribution in [0, 0.1) is 6.92 Å². The van der Waals surface area contributed by atoms with Crippen LogP contribution in [0.25, 0.3) is 10.9 Å². The van der Waals surface area contributed by atoms with Gasteiger partial charge in [0, 0.05) is 17.6 Å². The minimum Gasteiger partial charge on any atom is -0.493 e. The summed E-state index contributed by atoms with van der Waals surface area (Å²) in [4.78, 5) is 27.3. The topological polar surface area (TPSA) is 80.4 Å². The summed E-state index contributed by atoms with van der Waals surface area (Å²) in [6, 6.07) is 13.2. The summed E-state index contributed by atoms with van der Waals surface area (Å²) < 4.78 is 10.5. The number of pyridine rings is 1. The molecule has 0 unspecified atom stereocenters. The van der Waals surface area contributed by atoms with E-state index in [0.29, 0.717) is 30.0 Å². The molecule has 2 N–H and O–H groups in total. The summed E-state index contributed by atoms with van der Waals surface area (Å²) in [6.07, 6.45) is 0.699. The van der Waals surface area contributed by atoms with E-state index in [2.05, 4.69) is 10.3 Å². The van der Waals surface area contributed by atoms with Gasteiger partial charge in [0.05, 0.1) is 20.6 Å². The second-order valence-corrected chi connectivity index (χ2v) is 6.68. The molecule has 0 radical (unpaired) electrons. The van der Waals surface area contributed by atoms with Crippen LogP contribution in [0.5, 0.6) is 11.5 Å². The van der Waals surface area contributed by atoms with Crippen LogP contribution in [0.4, 0.5) is 0 Å². The third kappa shape index (κ3) is 4.52. The molecule has 1 aromatic heterocycles. The number of ether oxygens (including phenoxy) is 2. The molecule has 0 fully saturated rings. The molecule has 3 rings (SSSR count). The number of methoxy groups -OCH3 is 2. The first-order valence-electron chi connectivity index (χ1n) is 9.10. The van der Waals surface area contributed by atoms with Gasteiger partial charge in [0.1, 0.15) is 0 Å². The highest BCUT2D eigenvalue weighted by molar-refractivity contribution is 5.80. The number of nitrogens with one attached hydrogen (secondary N) is 2. The highest BCUT2D eigenvalue weighted by atomic mass is 16.5. The number of H-pyrrole nitrogens is 1. The lowest BCUT2D eigenvalue weighted by Crippen LogP contribution is -2.28. The molecular formula is C22H24N2O4. The number of amides is 1. The van der Waals surface area contributed by atoms with Gasteiger partial charge in [-0.05, 0) is 54.6 Å². The zero-order valence-electron chi connectivity index (χ0n) is 16.3. The summed E-state index contributed by atoms with van der Waals surface area (Å²) in [6.45, 7) is 2.41. The zero-order valence-corrected chi connectivity index (χ0v) is 16.3. The van der Waals surface area contributed by atoms with Crippen LogP contribution in [-0.2, 0) is 17.6 Å². The number of carbonyl (C=O) groups is 1. The Labute approximate surface area is 163 Å². The first kappa shape index (κ1) is 19.5. The van der Waals surface area contributed by atoms with Crippen LogP contribution in [0.2, 0.25) is 0 Å². The quantitative estimate of drug-likeness (QED) is 0.660. The van der Waals surface area contributed by atoms with Crippen LogP contribution >= 0.6 is 0 Å². The largest absolute Gasteiger partial charge is 0.493 e. The predicted octanol–water partition coefficient (Wildman–Crippen LogP) is 2.76. The summed E-state index contributed by atoms with van der Waals surface area (Å²) in [5.41, 5.74) is 3.31. The minimum atomic E-state index is -0.120. The van der Waals surface area contributed by atoms with Crippen LogP contribution in [0.3, 0.4) is 0 Å². The molecule has 6 heteroatoms. The van der Waals surface area contributed by atoms with Crippen molar-refractivity contribution in [1.82, 2.24) is 10.3 Å². The van der Waals surface area contributed by atoms with Crippen molar-refractivity contribution in [2.24, 2.45) is 0 Å². The fraction of sp³-hybridized carbons (Fsp3) is 0.273. The van der Waals surface area contributed by atoms with Gasteiger partial charge >= 0.3 is 0 Å². The van der Waals surface area contributed by atoms with Gasteiger partial charge in [0.2, 0.25) is 5.91 Å². The van der Waals surface area contributed by atoms with Crippen LogP contribution in [0.15, 0.2) is 47.3 Å². The average Bonchev–Trinajstić information content (AvgIpc) is 2.68. The molecule has 0 aliphatic carbocycles. The maximum atomic E-state index is 12.2. The van der Waals surface area contributed by atoms with Crippen molar-refractivity contribution in [2.45, 2.75) is 19.8 Å². The molecule has 1 amide bonds. The Morgan fingerprint density at radius 2 is 1.82 bits per heavy atom. The number of hydrogen-bond acceptors (Lipinski definition) is 4. The normalized spacial score (nSPS) is 10.7. The highest BCUT2D eigenvalue weighted by Crippen LogP contribution is 2.27. The van der Waals surface area contributed by atoms with Gasteiger partial charge < -0.3 is 19.8 Å². The van der Waals surface area contributed by atoms with Crippen LogP contribution < -0.4 is 20.3 Å². The van der Waals surface area contributed by atoms with Gasteiger partial charge in [-0.2, -0.15) is 0 Å². The molecule has 0 saturated heterocycles. The van der Waals surface area contributed by atoms with Crippen molar-refractivity contribution in [3.63, 3.8) is 0 Å². The molecular weight excluding hydrogens is 356 g/mol. The molecule has 0 bridgehead atoms. The van der Waals surface area contributed by atoms with Crippen molar-refractivity contribution < 1.29 is 14.3 Å². The van der Waals surface area contributed by atoms with Crippen molar-refractivity contribution in [2.75, 3.05) is 20.8 Å². The number of benzene rings is 2. The van der Waals surface area contributed by atoms with E-state index in [1.807, 2.05) is 37.3 Å². The second kappa shape index (κ2) is 8.61. The van der Waals surface area contributed by atoms with Crippen molar-refractivity contribution >= 4 is 16.8 Å². The minimum absolute atomic E-state index is 0.111. The molecule has 3 aromatic rings. The first-order chi connectivity index (χ1) is 13.5. The molecule has 0 spiro atoms. The molecule has 0 aliphatic heterocycles. The van der Waals surface area contributed by atoms with E-state index < -0.39 is 0 Å². The molecule has 6 nitrogen and oxygen atoms in total. The van der Waals surface area contributed by atoms with Crippen LogP contribution in [0.1, 0.15) is 16.7 Å². The lowest BCUT2D eigenvalue weighted by Gasteiger charge is -2.10. The third-order valence-electron chi connectivity index (χ3n) is 4.61. The monoisotopic (exact) mass is 380 g/mol. The maximum Gasteiger partial charge on any atom is 0.251 e. The van der Waals surface area contributed by atoms with Gasteiger partial charge in [-0.15, -0.1) is 0 Å². The fourth-order valence-electron chi connectivity index (χ4n) is 3.13. The molecule has 146 valence electrons. The average molecular weight is 380 g/mol. The number of aromatic amines is 1. The number of rotatable bonds is 7. The first-order valence-corrected chi connectivity index (χ1v) is 9.10. The molecule has 0 saturated carbocycles. The summed E-state index contributed by atoms with van der Waals surface area (Å²) in [5.74, 6) is 1.10. The Hall–Kier alpha value is -3.28. The Kier molecular flexibility index (Phi) is 5.99. The van der Waals surface area contributed by atoms with E-state index in [-0.39, 0.29) is 17.9 Å². The number of fused-ring (bicyclic) bond motifs is 1. The maximum absolute atomic E-state index is 12.2. The van der Waals surface area contributed by atoms with Gasteiger partial charge in [-0.3, -0.25) is 9.59 Å². The Bertz CT molecular complexity index is 1060. The summed E-state index contributed by atoms with van der Waals surface area (Å²) in [5, 5.41) is 3.86. The molecule has 0 atom stereocenters. The molecule has 2 aromatic carbocycles. The van der Waals surface area contributed by atoms with Gasteiger partial charge in [0.25, 0.3) is 5.56 Å². The Balaban J connectivity index is 1.60. The number of aryl methyl sites for hydroxylation is 1. The van der Waals surface area contributed by atoms with E-state index in [4.69, 9.17) is 9.47 Å². The highest BCUT2D eigenvalue weighted by Gasteiger charge is 2.09. The smallest absolute Gasteiger partial charge is 0.251 e. The molecule has 28 heavy (non-hydrogen) atoms.